The van der Waals surface area contributed by atoms with E-state index in [2.05, 4.69) is 26.6 Å². The fourth-order valence-corrected chi connectivity index (χ4v) is 3.47. The molecule has 0 spiro atoms. The van der Waals surface area contributed by atoms with Crippen LogP contribution >= 0.6 is 28.3 Å². The van der Waals surface area contributed by atoms with Crippen LogP contribution in [0.5, 0.6) is 0 Å². The summed E-state index contributed by atoms with van der Waals surface area (Å²) in [5, 5.41) is 15.7. The SMILES string of the molecule is Cl.O=C(NCC1CNCC1O)C1CC(=O)N(c2cccc(Br)c2)C1. The standard InChI is InChI=1S/C16H20BrN3O3.ClH/c17-12-2-1-3-13(5-12)20-9-10(4-15(20)22)16(23)19-7-11-6-18-8-14(11)21;/h1-3,5,10-11,14,18,21H,4,6-9H2,(H,19,23);1H. The average molecular weight is 419 g/mol. The minimum absolute atomic E-state index is 0. The highest BCUT2D eigenvalue weighted by Crippen LogP contribution is 2.27. The smallest absolute Gasteiger partial charge is 0.227 e. The van der Waals surface area contributed by atoms with E-state index >= 15 is 0 Å². The molecule has 132 valence electrons. The third-order valence-corrected chi connectivity index (χ3v) is 4.95. The summed E-state index contributed by atoms with van der Waals surface area (Å²) in [6, 6.07) is 7.51. The van der Waals surface area contributed by atoms with Crippen LogP contribution in [0, 0.1) is 11.8 Å². The zero-order valence-corrected chi connectivity index (χ0v) is 15.5. The summed E-state index contributed by atoms with van der Waals surface area (Å²) in [6.07, 6.45) is -0.192. The second-order valence-corrected chi connectivity index (χ2v) is 7.03. The zero-order valence-electron chi connectivity index (χ0n) is 13.1. The number of anilines is 1. The Hall–Kier alpha value is -1.15. The van der Waals surface area contributed by atoms with Crippen molar-refractivity contribution in [2.75, 3.05) is 31.1 Å². The van der Waals surface area contributed by atoms with Crippen molar-refractivity contribution in [1.82, 2.24) is 10.6 Å². The Labute approximate surface area is 155 Å². The fourth-order valence-electron chi connectivity index (χ4n) is 3.08. The van der Waals surface area contributed by atoms with Crippen molar-refractivity contribution < 1.29 is 14.7 Å². The van der Waals surface area contributed by atoms with Gasteiger partial charge in [0, 0.05) is 48.7 Å². The van der Waals surface area contributed by atoms with Gasteiger partial charge in [-0.3, -0.25) is 9.59 Å². The quantitative estimate of drug-likeness (QED) is 0.679. The highest BCUT2D eigenvalue weighted by atomic mass is 79.9. The van der Waals surface area contributed by atoms with Crippen molar-refractivity contribution in [3.8, 4) is 0 Å². The maximum absolute atomic E-state index is 12.3. The molecule has 3 N–H and O–H groups in total. The molecule has 2 saturated heterocycles. The zero-order chi connectivity index (χ0) is 16.4. The molecule has 0 saturated carbocycles. The molecule has 2 aliphatic rings. The number of carbonyl (C=O) groups excluding carboxylic acids is 2. The lowest BCUT2D eigenvalue weighted by Gasteiger charge is -2.18. The van der Waals surface area contributed by atoms with Crippen molar-refractivity contribution in [3.63, 3.8) is 0 Å². The molecule has 24 heavy (non-hydrogen) atoms. The normalized spacial score (nSPS) is 26.3. The van der Waals surface area contributed by atoms with Crippen molar-refractivity contribution in [1.29, 1.82) is 0 Å². The summed E-state index contributed by atoms with van der Waals surface area (Å²) in [7, 11) is 0. The number of nitrogens with one attached hydrogen (secondary N) is 2. The van der Waals surface area contributed by atoms with Crippen molar-refractivity contribution in [3.05, 3.63) is 28.7 Å². The van der Waals surface area contributed by atoms with E-state index in [4.69, 9.17) is 0 Å². The molecule has 2 amide bonds. The van der Waals surface area contributed by atoms with Gasteiger partial charge in [-0.1, -0.05) is 22.0 Å². The minimum Gasteiger partial charge on any atom is -0.391 e. The van der Waals surface area contributed by atoms with Crippen LogP contribution in [0.15, 0.2) is 28.7 Å². The van der Waals surface area contributed by atoms with Gasteiger partial charge in [-0.05, 0) is 18.2 Å². The van der Waals surface area contributed by atoms with Gasteiger partial charge >= 0.3 is 0 Å². The second kappa shape index (κ2) is 8.29. The molecule has 3 unspecified atom stereocenters. The van der Waals surface area contributed by atoms with Crippen LogP contribution in [-0.2, 0) is 9.59 Å². The monoisotopic (exact) mass is 417 g/mol. The Balaban J connectivity index is 0.00000208. The van der Waals surface area contributed by atoms with Crippen molar-refractivity contribution in [2.45, 2.75) is 12.5 Å². The summed E-state index contributed by atoms with van der Waals surface area (Å²) < 4.78 is 0.901. The van der Waals surface area contributed by atoms with Crippen LogP contribution < -0.4 is 15.5 Å². The number of rotatable bonds is 4. The van der Waals surface area contributed by atoms with E-state index in [9.17, 15) is 14.7 Å². The first-order chi connectivity index (χ1) is 11.0. The fraction of sp³-hybridized carbons (Fsp3) is 0.500. The van der Waals surface area contributed by atoms with E-state index in [1.54, 1.807) is 4.90 Å². The van der Waals surface area contributed by atoms with Crippen molar-refractivity contribution in [2.24, 2.45) is 11.8 Å². The number of amides is 2. The molecule has 2 fully saturated rings. The molecule has 2 aliphatic heterocycles. The molecule has 0 aliphatic carbocycles. The van der Waals surface area contributed by atoms with Crippen LogP contribution in [0.4, 0.5) is 5.69 Å². The first-order valence-corrected chi connectivity index (χ1v) is 8.56. The lowest BCUT2D eigenvalue weighted by Crippen LogP contribution is -2.38. The van der Waals surface area contributed by atoms with Gasteiger partial charge in [0.1, 0.15) is 0 Å². The number of hydrogen-bond acceptors (Lipinski definition) is 4. The maximum atomic E-state index is 12.3. The van der Waals surface area contributed by atoms with Gasteiger partial charge in [0.15, 0.2) is 0 Å². The maximum Gasteiger partial charge on any atom is 0.227 e. The molecular weight excluding hydrogens is 398 g/mol. The van der Waals surface area contributed by atoms with Gasteiger partial charge in [-0.15, -0.1) is 12.4 Å². The van der Waals surface area contributed by atoms with Crippen LogP contribution in [0.25, 0.3) is 0 Å². The minimum atomic E-state index is -0.418. The highest BCUT2D eigenvalue weighted by Gasteiger charge is 2.35. The van der Waals surface area contributed by atoms with E-state index in [1.807, 2.05) is 24.3 Å². The number of benzene rings is 1. The van der Waals surface area contributed by atoms with Gasteiger partial charge in [0.05, 0.1) is 12.0 Å². The van der Waals surface area contributed by atoms with E-state index in [0.717, 1.165) is 10.2 Å². The van der Waals surface area contributed by atoms with Crippen molar-refractivity contribution >= 4 is 45.8 Å². The number of aliphatic hydroxyl groups is 1. The lowest BCUT2D eigenvalue weighted by molar-refractivity contribution is -0.126. The van der Waals surface area contributed by atoms with E-state index < -0.39 is 6.10 Å². The molecule has 3 atom stereocenters. The number of carbonyl (C=O) groups is 2. The van der Waals surface area contributed by atoms with Crippen LogP contribution in [0.1, 0.15) is 6.42 Å². The van der Waals surface area contributed by atoms with Crippen LogP contribution in [-0.4, -0.2) is 49.2 Å². The number of halogens is 2. The third-order valence-electron chi connectivity index (χ3n) is 4.46. The number of aliphatic hydroxyl groups excluding tert-OH is 1. The molecular formula is C16H21BrClN3O3. The van der Waals surface area contributed by atoms with E-state index in [0.29, 0.717) is 26.2 Å². The van der Waals surface area contributed by atoms with Gasteiger partial charge < -0.3 is 20.6 Å². The molecule has 0 bridgehead atoms. The predicted molar refractivity (Wildman–Crippen MR) is 97.2 cm³/mol. The summed E-state index contributed by atoms with van der Waals surface area (Å²) in [6.45, 7) is 2.11. The largest absolute Gasteiger partial charge is 0.391 e. The molecule has 1 aromatic rings. The highest BCUT2D eigenvalue weighted by molar-refractivity contribution is 9.10. The Morgan fingerprint density at radius 2 is 2.21 bits per heavy atom. The predicted octanol–water partition coefficient (Wildman–Crippen LogP) is 0.920. The van der Waals surface area contributed by atoms with Crippen LogP contribution in [0.2, 0.25) is 0 Å². The van der Waals surface area contributed by atoms with E-state index in [1.165, 1.54) is 0 Å². The molecule has 6 nitrogen and oxygen atoms in total. The Morgan fingerprint density at radius 1 is 1.42 bits per heavy atom. The van der Waals surface area contributed by atoms with Gasteiger partial charge in [-0.2, -0.15) is 0 Å². The van der Waals surface area contributed by atoms with Gasteiger partial charge in [0.25, 0.3) is 0 Å². The number of nitrogens with zero attached hydrogens (tertiary/aromatic N) is 1. The van der Waals surface area contributed by atoms with Gasteiger partial charge in [-0.25, -0.2) is 0 Å². The molecule has 1 aromatic carbocycles. The summed E-state index contributed by atoms with van der Waals surface area (Å²) in [4.78, 5) is 26.1. The average Bonchev–Trinajstić information content (AvgIpc) is 3.11. The number of β-amino-alcohol motifs (C(OH)–C–C–N with tert-alkyl or cyclic N) is 1. The molecule has 2 heterocycles. The van der Waals surface area contributed by atoms with Crippen LogP contribution in [0.3, 0.4) is 0 Å². The molecule has 8 heteroatoms. The topological polar surface area (TPSA) is 81.7 Å². The summed E-state index contributed by atoms with van der Waals surface area (Å²) in [5.41, 5.74) is 0.801. The Bertz CT molecular complexity index is 616. The molecule has 3 rings (SSSR count). The number of hydrogen-bond donors (Lipinski definition) is 3. The Morgan fingerprint density at radius 3 is 2.88 bits per heavy atom. The molecule has 0 radical (unpaired) electrons. The Kier molecular flexibility index (Phi) is 6.62. The third kappa shape index (κ3) is 4.27. The summed E-state index contributed by atoms with van der Waals surface area (Å²) >= 11 is 3.39. The summed E-state index contributed by atoms with van der Waals surface area (Å²) in [5.74, 6) is -0.453. The second-order valence-electron chi connectivity index (χ2n) is 6.12. The lowest BCUT2D eigenvalue weighted by atomic mass is 10.0. The van der Waals surface area contributed by atoms with E-state index in [-0.39, 0.29) is 42.5 Å². The molecule has 0 aromatic heterocycles. The first kappa shape index (κ1) is 19.2. The first-order valence-electron chi connectivity index (χ1n) is 7.77. The van der Waals surface area contributed by atoms with Gasteiger partial charge in [0.2, 0.25) is 11.8 Å².